The predicted octanol–water partition coefficient (Wildman–Crippen LogP) is 2.66. The molecule has 0 aliphatic heterocycles. The van der Waals surface area contributed by atoms with E-state index in [1.54, 1.807) is 12.1 Å². The quantitative estimate of drug-likeness (QED) is 0.867. The summed E-state index contributed by atoms with van der Waals surface area (Å²) in [6.45, 7) is 2.77. The Kier molecular flexibility index (Phi) is 3.19. The van der Waals surface area contributed by atoms with Gasteiger partial charge < -0.3 is 10.6 Å². The van der Waals surface area contributed by atoms with E-state index < -0.39 is 0 Å². The van der Waals surface area contributed by atoms with Crippen molar-refractivity contribution in [3.63, 3.8) is 0 Å². The molecule has 3 nitrogen and oxygen atoms in total. The third kappa shape index (κ3) is 2.38. The van der Waals surface area contributed by atoms with Gasteiger partial charge in [0.05, 0.1) is 0 Å². The Morgan fingerprint density at radius 3 is 2.69 bits per heavy atom. The number of hydrogen-bond donors (Lipinski definition) is 1. The monoisotopic (exact) mass is 282 g/mol. The van der Waals surface area contributed by atoms with E-state index in [-0.39, 0.29) is 5.91 Å². The highest BCUT2D eigenvalue weighted by Crippen LogP contribution is 2.28. The van der Waals surface area contributed by atoms with Crippen molar-refractivity contribution in [1.82, 2.24) is 4.90 Å². The number of nitrogens with zero attached hydrogens (tertiary/aromatic N) is 1. The second kappa shape index (κ2) is 4.45. The highest BCUT2D eigenvalue weighted by molar-refractivity contribution is 9.10. The maximum absolute atomic E-state index is 12.2. The molecule has 4 heteroatoms. The molecule has 0 saturated heterocycles. The van der Waals surface area contributed by atoms with Gasteiger partial charge in [-0.25, -0.2) is 0 Å². The van der Waals surface area contributed by atoms with Crippen LogP contribution in [0, 0.1) is 0 Å². The minimum absolute atomic E-state index is 0.0815. The molecular weight excluding hydrogens is 268 g/mol. The minimum Gasteiger partial charge on any atom is -0.399 e. The SMILES string of the molecule is CCN(C(=O)c1cc(N)cc(Br)c1)C1CC1. The smallest absolute Gasteiger partial charge is 0.254 e. The number of rotatable bonds is 3. The molecule has 2 rings (SSSR count). The van der Waals surface area contributed by atoms with E-state index >= 15 is 0 Å². The molecule has 1 aliphatic rings. The van der Waals surface area contributed by atoms with Crippen molar-refractivity contribution >= 4 is 27.5 Å². The molecule has 2 N–H and O–H groups in total. The zero-order valence-electron chi connectivity index (χ0n) is 9.24. The summed E-state index contributed by atoms with van der Waals surface area (Å²) in [5, 5.41) is 0. The van der Waals surface area contributed by atoms with Crippen LogP contribution in [-0.2, 0) is 0 Å². The van der Waals surface area contributed by atoms with Crippen molar-refractivity contribution in [3.05, 3.63) is 28.2 Å². The molecule has 1 amide bonds. The van der Waals surface area contributed by atoms with E-state index in [0.717, 1.165) is 23.9 Å². The number of carbonyl (C=O) groups is 1. The highest BCUT2D eigenvalue weighted by atomic mass is 79.9. The van der Waals surface area contributed by atoms with Gasteiger partial charge in [0.1, 0.15) is 0 Å². The fourth-order valence-electron chi connectivity index (χ4n) is 1.86. The van der Waals surface area contributed by atoms with Gasteiger partial charge in [0, 0.05) is 28.3 Å². The van der Waals surface area contributed by atoms with E-state index in [4.69, 9.17) is 5.73 Å². The van der Waals surface area contributed by atoms with Crippen molar-refractivity contribution in [2.45, 2.75) is 25.8 Å². The van der Waals surface area contributed by atoms with Gasteiger partial charge in [0.15, 0.2) is 0 Å². The number of nitrogen functional groups attached to an aromatic ring is 1. The fraction of sp³-hybridized carbons (Fsp3) is 0.417. The first-order valence-electron chi connectivity index (χ1n) is 5.49. The summed E-state index contributed by atoms with van der Waals surface area (Å²) in [6, 6.07) is 5.80. The molecule has 0 aromatic heterocycles. The molecule has 0 radical (unpaired) electrons. The Morgan fingerprint density at radius 1 is 1.50 bits per heavy atom. The van der Waals surface area contributed by atoms with Crippen molar-refractivity contribution in [3.8, 4) is 0 Å². The molecule has 1 fully saturated rings. The molecule has 0 heterocycles. The Balaban J connectivity index is 2.24. The lowest BCUT2D eigenvalue weighted by Gasteiger charge is -2.20. The maximum Gasteiger partial charge on any atom is 0.254 e. The third-order valence-electron chi connectivity index (χ3n) is 2.76. The Hall–Kier alpha value is -1.03. The first kappa shape index (κ1) is 11.5. The summed E-state index contributed by atoms with van der Waals surface area (Å²) in [7, 11) is 0. The summed E-state index contributed by atoms with van der Waals surface area (Å²) in [6.07, 6.45) is 2.26. The van der Waals surface area contributed by atoms with E-state index in [1.807, 2.05) is 17.9 Å². The van der Waals surface area contributed by atoms with Gasteiger partial charge >= 0.3 is 0 Å². The van der Waals surface area contributed by atoms with Gasteiger partial charge in [-0.2, -0.15) is 0 Å². The van der Waals surface area contributed by atoms with Gasteiger partial charge in [-0.3, -0.25) is 4.79 Å². The predicted molar refractivity (Wildman–Crippen MR) is 68.3 cm³/mol. The second-order valence-electron chi connectivity index (χ2n) is 4.10. The third-order valence-corrected chi connectivity index (χ3v) is 3.21. The summed E-state index contributed by atoms with van der Waals surface area (Å²) in [4.78, 5) is 14.1. The van der Waals surface area contributed by atoms with Crippen LogP contribution in [0.5, 0.6) is 0 Å². The number of anilines is 1. The van der Waals surface area contributed by atoms with Crippen LogP contribution in [0.2, 0.25) is 0 Å². The zero-order chi connectivity index (χ0) is 11.7. The van der Waals surface area contributed by atoms with E-state index in [1.165, 1.54) is 0 Å². The molecule has 0 spiro atoms. The molecule has 0 atom stereocenters. The molecule has 1 aromatic carbocycles. The van der Waals surface area contributed by atoms with E-state index in [9.17, 15) is 4.79 Å². The first-order chi connectivity index (χ1) is 7.61. The van der Waals surface area contributed by atoms with Crippen LogP contribution in [0.3, 0.4) is 0 Å². The van der Waals surface area contributed by atoms with Gasteiger partial charge in [-0.05, 0) is 38.0 Å². The molecule has 16 heavy (non-hydrogen) atoms. The standard InChI is InChI=1S/C12H15BrN2O/c1-2-15(11-3-4-11)12(16)8-5-9(13)7-10(14)6-8/h5-7,11H,2-4,14H2,1H3. The summed E-state index contributed by atoms with van der Waals surface area (Å²) in [5.74, 6) is 0.0815. The van der Waals surface area contributed by atoms with Gasteiger partial charge in [0.25, 0.3) is 5.91 Å². The molecular formula is C12H15BrN2O. The number of benzene rings is 1. The zero-order valence-corrected chi connectivity index (χ0v) is 10.8. The van der Waals surface area contributed by atoms with Crippen LogP contribution >= 0.6 is 15.9 Å². The second-order valence-corrected chi connectivity index (χ2v) is 5.01. The molecule has 0 bridgehead atoms. The number of nitrogens with two attached hydrogens (primary N) is 1. The molecule has 0 unspecified atom stereocenters. The summed E-state index contributed by atoms with van der Waals surface area (Å²) < 4.78 is 0.850. The van der Waals surface area contributed by atoms with E-state index in [2.05, 4.69) is 15.9 Å². The molecule has 1 aromatic rings. The van der Waals surface area contributed by atoms with Crippen LogP contribution in [0.15, 0.2) is 22.7 Å². The summed E-state index contributed by atoms with van der Waals surface area (Å²) in [5.41, 5.74) is 7.01. The average Bonchev–Trinajstić information content (AvgIpc) is 3.01. The number of carbonyl (C=O) groups excluding carboxylic acids is 1. The first-order valence-corrected chi connectivity index (χ1v) is 6.28. The number of halogens is 1. The topological polar surface area (TPSA) is 46.3 Å². The minimum atomic E-state index is 0.0815. The van der Waals surface area contributed by atoms with Crippen LogP contribution in [0.1, 0.15) is 30.1 Å². The average molecular weight is 283 g/mol. The molecule has 1 aliphatic carbocycles. The van der Waals surface area contributed by atoms with Crippen LogP contribution in [-0.4, -0.2) is 23.4 Å². The Labute approximate surface area is 104 Å². The van der Waals surface area contributed by atoms with Gasteiger partial charge in [0.2, 0.25) is 0 Å². The van der Waals surface area contributed by atoms with Crippen molar-refractivity contribution in [2.24, 2.45) is 0 Å². The molecule has 86 valence electrons. The maximum atomic E-state index is 12.2. The fourth-order valence-corrected chi connectivity index (χ4v) is 2.37. The lowest BCUT2D eigenvalue weighted by Crippen LogP contribution is -2.32. The van der Waals surface area contributed by atoms with E-state index in [0.29, 0.717) is 17.3 Å². The van der Waals surface area contributed by atoms with Gasteiger partial charge in [-0.15, -0.1) is 0 Å². The van der Waals surface area contributed by atoms with Crippen molar-refractivity contribution in [2.75, 3.05) is 12.3 Å². The van der Waals surface area contributed by atoms with Crippen molar-refractivity contribution in [1.29, 1.82) is 0 Å². The van der Waals surface area contributed by atoms with Crippen LogP contribution in [0.25, 0.3) is 0 Å². The number of amides is 1. The molecule has 1 saturated carbocycles. The Morgan fingerprint density at radius 2 is 2.19 bits per heavy atom. The normalized spacial score (nSPS) is 14.9. The number of hydrogen-bond acceptors (Lipinski definition) is 2. The largest absolute Gasteiger partial charge is 0.399 e. The van der Waals surface area contributed by atoms with Crippen LogP contribution < -0.4 is 5.73 Å². The van der Waals surface area contributed by atoms with Crippen LogP contribution in [0.4, 0.5) is 5.69 Å². The lowest BCUT2D eigenvalue weighted by molar-refractivity contribution is 0.0752. The Bertz CT molecular complexity index is 395. The lowest BCUT2D eigenvalue weighted by atomic mass is 10.1. The van der Waals surface area contributed by atoms with Gasteiger partial charge in [-0.1, -0.05) is 15.9 Å². The van der Waals surface area contributed by atoms with Crippen molar-refractivity contribution < 1.29 is 4.79 Å². The highest BCUT2D eigenvalue weighted by Gasteiger charge is 2.31. The summed E-state index contributed by atoms with van der Waals surface area (Å²) >= 11 is 3.35.